The number of rotatable bonds is 7. The third-order valence-corrected chi connectivity index (χ3v) is 3.52. The fraction of sp³-hybridized carbons (Fsp3) is 0.545. The van der Waals surface area contributed by atoms with Crippen LogP contribution in [0.1, 0.15) is 25.7 Å². The summed E-state index contributed by atoms with van der Waals surface area (Å²) in [5.41, 5.74) is 0. The standard InChI is InChI=1S/C11H16ClNOS/c12-10-6-5-7-13-11(10)15-9-4-2-1-3-8-14/h5-7,14H,1-4,8-9H2. The van der Waals surface area contributed by atoms with E-state index in [1.54, 1.807) is 18.0 Å². The van der Waals surface area contributed by atoms with Gasteiger partial charge in [0.15, 0.2) is 0 Å². The zero-order valence-corrected chi connectivity index (χ0v) is 10.2. The Labute approximate surface area is 100 Å². The summed E-state index contributed by atoms with van der Waals surface area (Å²) in [5.74, 6) is 1.04. The minimum atomic E-state index is 0.305. The SMILES string of the molecule is OCCCCCCSc1ncccc1Cl. The lowest BCUT2D eigenvalue weighted by molar-refractivity contribution is 0.283. The van der Waals surface area contributed by atoms with Crippen LogP contribution < -0.4 is 0 Å². The van der Waals surface area contributed by atoms with Crippen LogP contribution in [0.3, 0.4) is 0 Å². The Morgan fingerprint density at radius 3 is 2.80 bits per heavy atom. The number of halogens is 1. The molecule has 0 unspecified atom stereocenters. The highest BCUT2D eigenvalue weighted by Crippen LogP contribution is 2.24. The molecule has 2 nitrogen and oxygen atoms in total. The minimum absolute atomic E-state index is 0.305. The van der Waals surface area contributed by atoms with Crippen molar-refractivity contribution in [1.82, 2.24) is 4.98 Å². The van der Waals surface area contributed by atoms with Crippen LogP contribution in [-0.4, -0.2) is 22.5 Å². The molecule has 1 heterocycles. The molecule has 0 fully saturated rings. The quantitative estimate of drug-likeness (QED) is 0.591. The van der Waals surface area contributed by atoms with Crippen molar-refractivity contribution in [3.05, 3.63) is 23.4 Å². The number of hydrogen-bond acceptors (Lipinski definition) is 3. The summed E-state index contributed by atoms with van der Waals surface area (Å²) in [5, 5.41) is 10.3. The lowest BCUT2D eigenvalue weighted by Crippen LogP contribution is -1.87. The van der Waals surface area contributed by atoms with Gasteiger partial charge in [-0.1, -0.05) is 24.4 Å². The number of aromatic nitrogens is 1. The second-order valence-electron chi connectivity index (χ2n) is 3.28. The molecule has 0 atom stereocenters. The second kappa shape index (κ2) is 7.97. The summed E-state index contributed by atoms with van der Waals surface area (Å²) in [7, 11) is 0. The van der Waals surface area contributed by atoms with Crippen molar-refractivity contribution in [2.75, 3.05) is 12.4 Å². The number of aliphatic hydroxyl groups excluding tert-OH is 1. The van der Waals surface area contributed by atoms with Gasteiger partial charge in [-0.2, -0.15) is 0 Å². The molecule has 0 saturated carbocycles. The molecule has 0 saturated heterocycles. The lowest BCUT2D eigenvalue weighted by Gasteiger charge is -2.02. The van der Waals surface area contributed by atoms with Gasteiger partial charge in [0.1, 0.15) is 5.03 Å². The van der Waals surface area contributed by atoms with E-state index in [0.717, 1.165) is 41.5 Å². The molecular weight excluding hydrogens is 230 g/mol. The lowest BCUT2D eigenvalue weighted by atomic mass is 10.2. The van der Waals surface area contributed by atoms with Crippen molar-refractivity contribution in [2.24, 2.45) is 0 Å². The Bertz CT molecular complexity index is 283. The Kier molecular flexibility index (Phi) is 6.81. The first kappa shape index (κ1) is 12.8. The van der Waals surface area contributed by atoms with Crippen LogP contribution in [0.15, 0.2) is 23.4 Å². The molecule has 0 aliphatic heterocycles. The van der Waals surface area contributed by atoms with Gasteiger partial charge in [-0.05, 0) is 30.7 Å². The highest BCUT2D eigenvalue weighted by atomic mass is 35.5. The molecule has 1 aromatic rings. The van der Waals surface area contributed by atoms with Crippen LogP contribution >= 0.6 is 23.4 Å². The van der Waals surface area contributed by atoms with Gasteiger partial charge in [0.05, 0.1) is 5.02 Å². The molecule has 0 amide bonds. The van der Waals surface area contributed by atoms with Crippen LogP contribution in [-0.2, 0) is 0 Å². The monoisotopic (exact) mass is 245 g/mol. The smallest absolute Gasteiger partial charge is 0.115 e. The number of aliphatic hydroxyl groups is 1. The second-order valence-corrected chi connectivity index (χ2v) is 4.77. The van der Waals surface area contributed by atoms with Crippen molar-refractivity contribution < 1.29 is 5.11 Å². The van der Waals surface area contributed by atoms with Gasteiger partial charge in [-0.15, -0.1) is 11.8 Å². The van der Waals surface area contributed by atoms with Gasteiger partial charge in [-0.3, -0.25) is 0 Å². The normalized spacial score (nSPS) is 10.5. The molecule has 1 N–H and O–H groups in total. The average Bonchev–Trinajstić information content (AvgIpc) is 2.25. The summed E-state index contributed by atoms with van der Waals surface area (Å²) < 4.78 is 0. The van der Waals surface area contributed by atoms with Crippen molar-refractivity contribution in [3.8, 4) is 0 Å². The Hall–Kier alpha value is -0.250. The molecule has 0 bridgehead atoms. The first-order chi connectivity index (χ1) is 7.34. The Morgan fingerprint density at radius 2 is 2.07 bits per heavy atom. The van der Waals surface area contributed by atoms with E-state index in [2.05, 4.69) is 4.98 Å². The Balaban J connectivity index is 2.12. The van der Waals surface area contributed by atoms with E-state index in [4.69, 9.17) is 16.7 Å². The zero-order chi connectivity index (χ0) is 10.9. The molecular formula is C11H16ClNOS. The van der Waals surface area contributed by atoms with Crippen LogP contribution in [0.4, 0.5) is 0 Å². The fourth-order valence-electron chi connectivity index (χ4n) is 1.21. The van der Waals surface area contributed by atoms with Gasteiger partial charge in [-0.25, -0.2) is 4.98 Å². The molecule has 15 heavy (non-hydrogen) atoms. The third kappa shape index (κ3) is 5.40. The van der Waals surface area contributed by atoms with Gasteiger partial charge < -0.3 is 5.11 Å². The van der Waals surface area contributed by atoms with Crippen molar-refractivity contribution >= 4 is 23.4 Å². The minimum Gasteiger partial charge on any atom is -0.396 e. The highest BCUT2D eigenvalue weighted by Gasteiger charge is 2.00. The summed E-state index contributed by atoms with van der Waals surface area (Å²) >= 11 is 7.67. The molecule has 4 heteroatoms. The molecule has 0 spiro atoms. The largest absolute Gasteiger partial charge is 0.396 e. The van der Waals surface area contributed by atoms with E-state index in [9.17, 15) is 0 Å². The predicted molar refractivity (Wildman–Crippen MR) is 65.5 cm³/mol. The highest BCUT2D eigenvalue weighted by molar-refractivity contribution is 7.99. The van der Waals surface area contributed by atoms with Gasteiger partial charge in [0, 0.05) is 12.8 Å². The summed E-state index contributed by atoms with van der Waals surface area (Å²) in [6.45, 7) is 0.305. The van der Waals surface area contributed by atoms with E-state index < -0.39 is 0 Å². The number of thioether (sulfide) groups is 1. The molecule has 0 aliphatic carbocycles. The van der Waals surface area contributed by atoms with Crippen LogP contribution in [0.2, 0.25) is 5.02 Å². The van der Waals surface area contributed by atoms with E-state index in [-0.39, 0.29) is 0 Å². The number of hydrogen-bond donors (Lipinski definition) is 1. The van der Waals surface area contributed by atoms with E-state index >= 15 is 0 Å². The maximum absolute atomic E-state index is 8.60. The first-order valence-corrected chi connectivity index (χ1v) is 6.55. The zero-order valence-electron chi connectivity index (χ0n) is 8.66. The Morgan fingerprint density at radius 1 is 1.27 bits per heavy atom. The predicted octanol–water partition coefficient (Wildman–Crippen LogP) is 3.38. The van der Waals surface area contributed by atoms with Gasteiger partial charge >= 0.3 is 0 Å². The van der Waals surface area contributed by atoms with Crippen molar-refractivity contribution in [2.45, 2.75) is 30.7 Å². The maximum Gasteiger partial charge on any atom is 0.115 e. The summed E-state index contributed by atoms with van der Waals surface area (Å²) in [6.07, 6.45) is 6.09. The fourth-order valence-corrected chi connectivity index (χ4v) is 2.38. The van der Waals surface area contributed by atoms with Gasteiger partial charge in [0.2, 0.25) is 0 Å². The molecule has 84 valence electrons. The van der Waals surface area contributed by atoms with Gasteiger partial charge in [0.25, 0.3) is 0 Å². The molecule has 0 radical (unpaired) electrons. The average molecular weight is 246 g/mol. The third-order valence-electron chi connectivity index (χ3n) is 2.02. The van der Waals surface area contributed by atoms with Crippen molar-refractivity contribution in [1.29, 1.82) is 0 Å². The first-order valence-electron chi connectivity index (χ1n) is 5.19. The number of pyridine rings is 1. The number of nitrogens with zero attached hydrogens (tertiary/aromatic N) is 1. The van der Waals surface area contributed by atoms with Crippen LogP contribution in [0, 0.1) is 0 Å². The molecule has 1 rings (SSSR count). The summed E-state index contributed by atoms with van der Waals surface area (Å²) in [6, 6.07) is 3.70. The van der Waals surface area contributed by atoms with E-state index in [0.29, 0.717) is 6.61 Å². The van der Waals surface area contributed by atoms with E-state index in [1.807, 2.05) is 12.1 Å². The number of unbranched alkanes of at least 4 members (excludes halogenated alkanes) is 3. The molecule has 0 aromatic carbocycles. The topological polar surface area (TPSA) is 33.1 Å². The summed E-state index contributed by atoms with van der Waals surface area (Å²) in [4.78, 5) is 4.20. The molecule has 1 aromatic heterocycles. The van der Waals surface area contributed by atoms with Crippen LogP contribution in [0.5, 0.6) is 0 Å². The molecule has 0 aliphatic rings. The van der Waals surface area contributed by atoms with E-state index in [1.165, 1.54) is 0 Å². The van der Waals surface area contributed by atoms with Crippen molar-refractivity contribution in [3.63, 3.8) is 0 Å². The van der Waals surface area contributed by atoms with Crippen LogP contribution in [0.25, 0.3) is 0 Å². The maximum atomic E-state index is 8.60.